The number of hydrogen-bond acceptors (Lipinski definition) is 3. The Hall–Kier alpha value is -0.640. The van der Waals surface area contributed by atoms with Crippen molar-refractivity contribution in [2.45, 2.75) is 20.3 Å². The maximum absolute atomic E-state index is 4.08. The van der Waals surface area contributed by atoms with Crippen LogP contribution in [0.3, 0.4) is 0 Å². The fourth-order valence-electron chi connectivity index (χ4n) is 0.919. The number of aromatic nitrogens is 2. The third kappa shape index (κ3) is 4.22. The molecule has 0 unspecified atom stereocenters. The summed E-state index contributed by atoms with van der Waals surface area (Å²) in [5, 5.41) is 3.24. The average molecular weight is 244 g/mol. The molecule has 0 atom stereocenters. The largest absolute Gasteiger partial charge is 0.370 e. The zero-order chi connectivity index (χ0) is 9.68. The monoisotopic (exact) mass is 243 g/mol. The minimum atomic E-state index is 0.720. The van der Waals surface area contributed by atoms with Crippen LogP contribution in [0.1, 0.15) is 20.3 Å². The fourth-order valence-corrected chi connectivity index (χ4v) is 1.23. The number of halogens is 1. The van der Waals surface area contributed by atoms with E-state index in [0.29, 0.717) is 0 Å². The first kappa shape index (κ1) is 10.4. The fraction of sp³-hybridized carbons (Fsp3) is 0.556. The maximum Gasteiger partial charge on any atom is 0.130 e. The number of hydrogen-bond donors (Lipinski definition) is 1. The van der Waals surface area contributed by atoms with E-state index in [1.54, 1.807) is 6.33 Å². The summed E-state index contributed by atoms with van der Waals surface area (Å²) >= 11 is 3.29. The second-order valence-corrected chi connectivity index (χ2v) is 4.15. The predicted octanol–water partition coefficient (Wildman–Crippen LogP) is 2.70. The van der Waals surface area contributed by atoms with E-state index in [1.165, 1.54) is 0 Å². The molecule has 0 aliphatic rings. The van der Waals surface area contributed by atoms with E-state index in [9.17, 15) is 0 Å². The smallest absolute Gasteiger partial charge is 0.130 e. The van der Waals surface area contributed by atoms with E-state index < -0.39 is 0 Å². The van der Waals surface area contributed by atoms with Crippen LogP contribution in [0.2, 0.25) is 0 Å². The van der Waals surface area contributed by atoms with Crippen LogP contribution in [0.25, 0.3) is 0 Å². The highest BCUT2D eigenvalue weighted by atomic mass is 79.9. The van der Waals surface area contributed by atoms with Crippen molar-refractivity contribution in [2.75, 3.05) is 11.9 Å². The van der Waals surface area contributed by atoms with Gasteiger partial charge in [0.25, 0.3) is 0 Å². The van der Waals surface area contributed by atoms with Gasteiger partial charge in [0.15, 0.2) is 0 Å². The first-order valence-corrected chi connectivity index (χ1v) is 5.19. The second-order valence-electron chi connectivity index (χ2n) is 3.34. The summed E-state index contributed by atoms with van der Waals surface area (Å²) in [7, 11) is 0. The molecule has 0 spiro atoms. The van der Waals surface area contributed by atoms with Gasteiger partial charge in [-0.15, -0.1) is 0 Å². The Labute approximate surface area is 87.1 Å². The first-order valence-electron chi connectivity index (χ1n) is 4.40. The lowest BCUT2D eigenvalue weighted by atomic mass is 10.1. The van der Waals surface area contributed by atoms with Gasteiger partial charge in [-0.3, -0.25) is 0 Å². The molecule has 3 nitrogen and oxygen atoms in total. The summed E-state index contributed by atoms with van der Waals surface area (Å²) in [6, 6.07) is 1.88. The van der Waals surface area contributed by atoms with Gasteiger partial charge in [0.1, 0.15) is 16.7 Å². The highest BCUT2D eigenvalue weighted by molar-refractivity contribution is 9.10. The van der Waals surface area contributed by atoms with E-state index >= 15 is 0 Å². The van der Waals surface area contributed by atoms with E-state index in [1.807, 2.05) is 6.07 Å². The Balaban J connectivity index is 2.37. The molecule has 1 aromatic heterocycles. The second kappa shape index (κ2) is 5.17. The number of anilines is 1. The minimum absolute atomic E-state index is 0.720. The van der Waals surface area contributed by atoms with Gasteiger partial charge in [-0.1, -0.05) is 13.8 Å². The molecule has 1 heterocycles. The van der Waals surface area contributed by atoms with Gasteiger partial charge in [-0.2, -0.15) is 0 Å². The lowest BCUT2D eigenvalue weighted by Gasteiger charge is -2.06. The summed E-state index contributed by atoms with van der Waals surface area (Å²) in [5.74, 6) is 1.60. The van der Waals surface area contributed by atoms with E-state index in [-0.39, 0.29) is 0 Å². The van der Waals surface area contributed by atoms with E-state index in [4.69, 9.17) is 0 Å². The van der Waals surface area contributed by atoms with Gasteiger partial charge in [-0.25, -0.2) is 9.97 Å². The summed E-state index contributed by atoms with van der Waals surface area (Å²) in [6.45, 7) is 5.37. The lowest BCUT2D eigenvalue weighted by Crippen LogP contribution is -2.06. The molecule has 0 saturated heterocycles. The molecular weight excluding hydrogens is 230 g/mol. The van der Waals surface area contributed by atoms with Crippen LogP contribution in [0.4, 0.5) is 5.82 Å². The Morgan fingerprint density at radius 1 is 1.46 bits per heavy atom. The molecule has 13 heavy (non-hydrogen) atoms. The standard InChI is InChI=1S/C9H14BrN3/c1-7(2)3-4-11-9-5-8(10)12-6-13-9/h5-7H,3-4H2,1-2H3,(H,11,12,13). The van der Waals surface area contributed by atoms with E-state index in [2.05, 4.69) is 45.1 Å². The van der Waals surface area contributed by atoms with Crippen molar-refractivity contribution < 1.29 is 0 Å². The SMILES string of the molecule is CC(C)CCNc1cc(Br)ncn1. The average Bonchev–Trinajstić information content (AvgIpc) is 2.03. The number of rotatable bonds is 4. The van der Waals surface area contributed by atoms with Crippen LogP contribution in [0.5, 0.6) is 0 Å². The lowest BCUT2D eigenvalue weighted by molar-refractivity contribution is 0.606. The van der Waals surface area contributed by atoms with Crippen molar-refractivity contribution in [1.29, 1.82) is 0 Å². The van der Waals surface area contributed by atoms with Crippen LogP contribution in [-0.4, -0.2) is 16.5 Å². The molecule has 0 fully saturated rings. The molecule has 1 N–H and O–H groups in total. The van der Waals surface area contributed by atoms with Gasteiger partial charge >= 0.3 is 0 Å². The summed E-state index contributed by atoms with van der Waals surface area (Å²) in [6.07, 6.45) is 2.70. The number of nitrogens with one attached hydrogen (secondary N) is 1. The van der Waals surface area contributed by atoms with Crippen LogP contribution in [0.15, 0.2) is 17.0 Å². The quantitative estimate of drug-likeness (QED) is 0.827. The summed E-state index contributed by atoms with van der Waals surface area (Å²) < 4.78 is 0.814. The van der Waals surface area contributed by atoms with Gasteiger partial charge in [0, 0.05) is 12.6 Å². The molecule has 0 aliphatic heterocycles. The molecule has 0 bridgehead atoms. The number of nitrogens with zero attached hydrogens (tertiary/aromatic N) is 2. The molecule has 1 aromatic rings. The van der Waals surface area contributed by atoms with Crippen molar-refractivity contribution in [3.8, 4) is 0 Å². The maximum atomic E-state index is 4.08. The van der Waals surface area contributed by atoms with Gasteiger partial charge < -0.3 is 5.32 Å². The van der Waals surface area contributed by atoms with Crippen molar-refractivity contribution >= 4 is 21.7 Å². The molecule has 0 radical (unpaired) electrons. The van der Waals surface area contributed by atoms with Crippen molar-refractivity contribution in [3.63, 3.8) is 0 Å². The van der Waals surface area contributed by atoms with Gasteiger partial charge in [0.2, 0.25) is 0 Å². The molecule has 1 rings (SSSR count). The van der Waals surface area contributed by atoms with Crippen LogP contribution in [0, 0.1) is 5.92 Å². The first-order chi connectivity index (χ1) is 6.18. The molecule has 0 aromatic carbocycles. The topological polar surface area (TPSA) is 37.8 Å². The third-order valence-electron chi connectivity index (χ3n) is 1.66. The minimum Gasteiger partial charge on any atom is -0.370 e. The highest BCUT2D eigenvalue weighted by Crippen LogP contribution is 2.09. The zero-order valence-corrected chi connectivity index (χ0v) is 9.50. The highest BCUT2D eigenvalue weighted by Gasteiger charge is 1.96. The molecule has 0 amide bonds. The van der Waals surface area contributed by atoms with Crippen LogP contribution >= 0.6 is 15.9 Å². The van der Waals surface area contributed by atoms with Crippen molar-refractivity contribution in [1.82, 2.24) is 9.97 Å². The predicted molar refractivity (Wildman–Crippen MR) is 57.7 cm³/mol. The van der Waals surface area contributed by atoms with E-state index in [0.717, 1.165) is 29.3 Å². The Morgan fingerprint density at radius 3 is 2.85 bits per heavy atom. The normalized spacial score (nSPS) is 10.5. The Bertz CT molecular complexity index is 263. The van der Waals surface area contributed by atoms with Crippen molar-refractivity contribution in [2.24, 2.45) is 5.92 Å². The third-order valence-corrected chi connectivity index (χ3v) is 2.10. The van der Waals surface area contributed by atoms with Crippen molar-refractivity contribution in [3.05, 3.63) is 17.0 Å². The van der Waals surface area contributed by atoms with Crippen LogP contribution in [-0.2, 0) is 0 Å². The van der Waals surface area contributed by atoms with Crippen LogP contribution < -0.4 is 5.32 Å². The summed E-state index contributed by atoms with van der Waals surface area (Å²) in [5.41, 5.74) is 0. The van der Waals surface area contributed by atoms with Gasteiger partial charge in [0.05, 0.1) is 0 Å². The summed E-state index contributed by atoms with van der Waals surface area (Å²) in [4.78, 5) is 8.03. The Morgan fingerprint density at radius 2 is 2.23 bits per heavy atom. The Kier molecular flexibility index (Phi) is 4.15. The molecule has 4 heteroatoms. The van der Waals surface area contributed by atoms with Gasteiger partial charge in [-0.05, 0) is 28.3 Å². The molecule has 0 saturated carbocycles. The zero-order valence-electron chi connectivity index (χ0n) is 7.92. The molecule has 0 aliphatic carbocycles. The molecular formula is C9H14BrN3. The molecule has 72 valence electrons.